The molecule has 0 unspecified atom stereocenters. The van der Waals surface area contributed by atoms with E-state index in [1.165, 1.54) is 10.8 Å². The first-order valence-electron chi connectivity index (χ1n) is 7.63. The highest BCUT2D eigenvalue weighted by Gasteiger charge is 2.23. The van der Waals surface area contributed by atoms with E-state index in [-0.39, 0.29) is 18.0 Å². The molecule has 0 spiro atoms. The lowest BCUT2D eigenvalue weighted by atomic mass is 10.1. The van der Waals surface area contributed by atoms with Crippen molar-refractivity contribution in [1.82, 2.24) is 14.5 Å². The summed E-state index contributed by atoms with van der Waals surface area (Å²) in [5.74, 6) is -0.947. The van der Waals surface area contributed by atoms with Crippen molar-refractivity contribution in [1.29, 1.82) is 0 Å². The molecule has 0 atom stereocenters. The third-order valence-electron chi connectivity index (χ3n) is 3.92. The number of carbonyl (C=O) groups excluding carboxylic acids is 2. The van der Waals surface area contributed by atoms with Gasteiger partial charge in [0, 0.05) is 25.0 Å². The third-order valence-corrected chi connectivity index (χ3v) is 3.92. The molecule has 1 aliphatic rings. The second-order valence-electron chi connectivity index (χ2n) is 5.69. The van der Waals surface area contributed by atoms with Crippen molar-refractivity contribution in [2.75, 3.05) is 26.3 Å². The van der Waals surface area contributed by atoms with Gasteiger partial charge in [-0.3, -0.25) is 14.4 Å². The van der Waals surface area contributed by atoms with Crippen LogP contribution in [0, 0.1) is 6.92 Å². The van der Waals surface area contributed by atoms with Gasteiger partial charge >= 0.3 is 0 Å². The van der Waals surface area contributed by atoms with Crippen LogP contribution in [0.25, 0.3) is 11.0 Å². The molecule has 0 aromatic carbocycles. The van der Waals surface area contributed by atoms with E-state index in [1.54, 1.807) is 24.0 Å². The summed E-state index contributed by atoms with van der Waals surface area (Å²) in [5, 5.41) is 0.293. The fourth-order valence-electron chi connectivity index (χ4n) is 2.74. The van der Waals surface area contributed by atoms with Gasteiger partial charge in [-0.25, -0.2) is 4.98 Å². The summed E-state index contributed by atoms with van der Waals surface area (Å²) < 4.78 is 6.69. The zero-order valence-corrected chi connectivity index (χ0v) is 13.3. The third kappa shape index (κ3) is 3.00. The van der Waals surface area contributed by atoms with Crippen LogP contribution in [-0.2, 0) is 16.1 Å². The van der Waals surface area contributed by atoms with Crippen molar-refractivity contribution in [2.24, 2.45) is 5.73 Å². The highest BCUT2D eigenvalue weighted by molar-refractivity contribution is 5.97. The second-order valence-corrected chi connectivity index (χ2v) is 5.69. The standard InChI is InChI=1S/C16H18N4O4/c1-10-2-3-11-14(22)12(16(23)19-4-6-24-7-5-19)8-20(9-13(17)21)15(11)18-10/h2-3,8H,4-7,9H2,1H3,(H2,17,21). The fourth-order valence-corrected chi connectivity index (χ4v) is 2.74. The Labute approximate surface area is 137 Å². The Hall–Kier alpha value is -2.74. The molecular weight excluding hydrogens is 312 g/mol. The molecule has 24 heavy (non-hydrogen) atoms. The van der Waals surface area contributed by atoms with Crippen LogP contribution in [0.2, 0.25) is 0 Å². The summed E-state index contributed by atoms with van der Waals surface area (Å²) >= 11 is 0. The monoisotopic (exact) mass is 330 g/mol. The quantitative estimate of drug-likeness (QED) is 0.828. The molecule has 1 fully saturated rings. The zero-order valence-electron chi connectivity index (χ0n) is 13.3. The van der Waals surface area contributed by atoms with Crippen LogP contribution in [0.15, 0.2) is 23.1 Å². The Morgan fingerprint density at radius 2 is 2.00 bits per heavy atom. The number of nitrogens with two attached hydrogens (primary N) is 1. The Morgan fingerprint density at radius 3 is 2.67 bits per heavy atom. The van der Waals surface area contributed by atoms with E-state index in [1.807, 2.05) is 0 Å². The molecule has 1 saturated heterocycles. The number of hydrogen-bond donors (Lipinski definition) is 1. The lowest BCUT2D eigenvalue weighted by molar-refractivity contribution is -0.118. The van der Waals surface area contributed by atoms with Gasteiger partial charge in [-0.2, -0.15) is 0 Å². The van der Waals surface area contributed by atoms with Crippen molar-refractivity contribution in [3.8, 4) is 0 Å². The van der Waals surface area contributed by atoms with E-state index in [2.05, 4.69) is 4.98 Å². The highest BCUT2D eigenvalue weighted by atomic mass is 16.5. The van der Waals surface area contributed by atoms with E-state index < -0.39 is 11.3 Å². The molecule has 2 N–H and O–H groups in total. The first-order valence-corrected chi connectivity index (χ1v) is 7.63. The summed E-state index contributed by atoms with van der Waals surface area (Å²) in [6, 6.07) is 3.31. The minimum Gasteiger partial charge on any atom is -0.378 e. The number of rotatable bonds is 3. The highest BCUT2D eigenvalue weighted by Crippen LogP contribution is 2.13. The molecule has 0 saturated carbocycles. The topological polar surface area (TPSA) is 108 Å². The Balaban J connectivity index is 2.15. The van der Waals surface area contributed by atoms with Gasteiger partial charge in [0.25, 0.3) is 5.91 Å². The predicted molar refractivity (Wildman–Crippen MR) is 86.7 cm³/mol. The van der Waals surface area contributed by atoms with Crippen LogP contribution in [0.4, 0.5) is 0 Å². The second kappa shape index (κ2) is 6.40. The van der Waals surface area contributed by atoms with Crippen molar-refractivity contribution < 1.29 is 14.3 Å². The number of nitrogens with zero attached hydrogens (tertiary/aromatic N) is 3. The van der Waals surface area contributed by atoms with Crippen LogP contribution < -0.4 is 11.2 Å². The number of primary amides is 1. The fraction of sp³-hybridized carbons (Fsp3) is 0.375. The van der Waals surface area contributed by atoms with Gasteiger partial charge in [-0.05, 0) is 19.1 Å². The summed E-state index contributed by atoms with van der Waals surface area (Å²) in [6.07, 6.45) is 1.37. The van der Waals surface area contributed by atoms with Crippen LogP contribution in [0.1, 0.15) is 16.1 Å². The molecule has 126 valence electrons. The number of fused-ring (bicyclic) bond motifs is 1. The van der Waals surface area contributed by atoms with E-state index >= 15 is 0 Å². The summed E-state index contributed by atoms with van der Waals surface area (Å²) in [4.78, 5) is 42.6. The van der Waals surface area contributed by atoms with Gasteiger partial charge in [0.15, 0.2) is 0 Å². The van der Waals surface area contributed by atoms with Crippen molar-refractivity contribution in [3.05, 3.63) is 39.8 Å². The van der Waals surface area contributed by atoms with Crippen LogP contribution in [-0.4, -0.2) is 52.6 Å². The Morgan fingerprint density at radius 1 is 1.29 bits per heavy atom. The number of amides is 2. The molecule has 8 nitrogen and oxygen atoms in total. The van der Waals surface area contributed by atoms with E-state index in [4.69, 9.17) is 10.5 Å². The molecule has 0 bridgehead atoms. The number of morpholine rings is 1. The zero-order chi connectivity index (χ0) is 17.3. The molecule has 1 aliphatic heterocycles. The molecule has 3 heterocycles. The molecule has 0 radical (unpaired) electrons. The summed E-state index contributed by atoms with van der Waals surface area (Å²) in [7, 11) is 0. The average Bonchev–Trinajstić information content (AvgIpc) is 2.57. The lowest BCUT2D eigenvalue weighted by Gasteiger charge is -2.27. The van der Waals surface area contributed by atoms with E-state index in [0.29, 0.717) is 43.0 Å². The smallest absolute Gasteiger partial charge is 0.259 e. The largest absolute Gasteiger partial charge is 0.378 e. The maximum absolute atomic E-state index is 12.7. The van der Waals surface area contributed by atoms with Gasteiger partial charge < -0.3 is 19.9 Å². The molecule has 2 aromatic heterocycles. The summed E-state index contributed by atoms with van der Waals surface area (Å²) in [5.41, 5.74) is 5.95. The number of carbonyl (C=O) groups is 2. The number of pyridine rings is 2. The Bertz CT molecular complexity index is 868. The molecule has 0 aliphatic carbocycles. The first kappa shape index (κ1) is 16.1. The minimum absolute atomic E-state index is 0.0105. The number of ether oxygens (including phenoxy) is 1. The maximum Gasteiger partial charge on any atom is 0.259 e. The maximum atomic E-state index is 12.7. The van der Waals surface area contributed by atoms with Gasteiger partial charge in [0.05, 0.1) is 18.6 Å². The molecule has 2 amide bonds. The van der Waals surface area contributed by atoms with E-state index in [9.17, 15) is 14.4 Å². The van der Waals surface area contributed by atoms with E-state index in [0.717, 1.165) is 0 Å². The molecule has 8 heteroatoms. The number of aryl methyl sites for hydroxylation is 1. The summed E-state index contributed by atoms with van der Waals surface area (Å²) in [6.45, 7) is 3.36. The van der Waals surface area contributed by atoms with Crippen molar-refractivity contribution in [3.63, 3.8) is 0 Å². The van der Waals surface area contributed by atoms with Gasteiger partial charge in [-0.15, -0.1) is 0 Å². The normalized spacial score (nSPS) is 14.8. The SMILES string of the molecule is Cc1ccc2c(=O)c(C(=O)N3CCOCC3)cn(CC(N)=O)c2n1. The van der Waals surface area contributed by atoms with Crippen LogP contribution >= 0.6 is 0 Å². The van der Waals surface area contributed by atoms with Crippen LogP contribution in [0.3, 0.4) is 0 Å². The number of aromatic nitrogens is 2. The average molecular weight is 330 g/mol. The minimum atomic E-state index is -0.576. The van der Waals surface area contributed by atoms with Gasteiger partial charge in [0.1, 0.15) is 17.8 Å². The Kier molecular flexibility index (Phi) is 4.30. The molecular formula is C16H18N4O4. The first-order chi connectivity index (χ1) is 11.5. The van der Waals surface area contributed by atoms with Crippen LogP contribution in [0.5, 0.6) is 0 Å². The lowest BCUT2D eigenvalue weighted by Crippen LogP contribution is -2.42. The number of hydrogen-bond acceptors (Lipinski definition) is 5. The van der Waals surface area contributed by atoms with Gasteiger partial charge in [0.2, 0.25) is 11.3 Å². The predicted octanol–water partition coefficient (Wildman–Crippen LogP) is -0.337. The van der Waals surface area contributed by atoms with Crippen molar-refractivity contribution in [2.45, 2.75) is 13.5 Å². The van der Waals surface area contributed by atoms with Gasteiger partial charge in [-0.1, -0.05) is 0 Å². The molecule has 3 rings (SSSR count). The van der Waals surface area contributed by atoms with Crippen molar-refractivity contribution >= 4 is 22.8 Å². The molecule has 2 aromatic rings.